The predicted molar refractivity (Wildman–Crippen MR) is 72.2 cm³/mol. The second-order valence-electron chi connectivity index (χ2n) is 4.12. The summed E-state index contributed by atoms with van der Waals surface area (Å²) in [6, 6.07) is 3.37. The van der Waals surface area contributed by atoms with Crippen LogP contribution in [-0.2, 0) is 0 Å². The molecule has 6 heteroatoms. The maximum atomic E-state index is 14.0. The summed E-state index contributed by atoms with van der Waals surface area (Å²) in [6.07, 6.45) is 3.15. The Morgan fingerprint density at radius 1 is 1.32 bits per heavy atom. The Bertz CT molecular complexity index is 581. The van der Waals surface area contributed by atoms with Gasteiger partial charge in [0.1, 0.15) is 11.6 Å². The van der Waals surface area contributed by atoms with E-state index in [0.29, 0.717) is 10.0 Å². The lowest BCUT2D eigenvalue weighted by Crippen LogP contribution is -2.31. The summed E-state index contributed by atoms with van der Waals surface area (Å²) in [6.45, 7) is 1.83. The van der Waals surface area contributed by atoms with Gasteiger partial charge in [0.2, 0.25) is 0 Å². The fourth-order valence-corrected chi connectivity index (χ4v) is 2.34. The van der Waals surface area contributed by atoms with Crippen molar-refractivity contribution in [3.8, 4) is 0 Å². The average Bonchev–Trinajstić information content (AvgIpc) is 2.34. The fourth-order valence-electron chi connectivity index (χ4n) is 1.94. The van der Waals surface area contributed by atoms with Crippen LogP contribution in [0.5, 0.6) is 0 Å². The fraction of sp³-hybridized carbons (Fsp3) is 0.154. The summed E-state index contributed by atoms with van der Waals surface area (Å²) in [7, 11) is 0. The van der Waals surface area contributed by atoms with Gasteiger partial charge in [-0.3, -0.25) is 10.8 Å². The van der Waals surface area contributed by atoms with Crippen LogP contribution in [0, 0.1) is 18.6 Å². The molecule has 2 rings (SSSR count). The average molecular weight is 328 g/mol. The second-order valence-corrected chi connectivity index (χ2v) is 5.03. The first-order chi connectivity index (χ1) is 9.04. The van der Waals surface area contributed by atoms with E-state index in [4.69, 9.17) is 5.84 Å². The van der Waals surface area contributed by atoms with Crippen molar-refractivity contribution in [2.24, 2.45) is 5.84 Å². The van der Waals surface area contributed by atoms with Crippen molar-refractivity contribution < 1.29 is 8.78 Å². The van der Waals surface area contributed by atoms with Gasteiger partial charge in [0.25, 0.3) is 0 Å². The van der Waals surface area contributed by atoms with Crippen molar-refractivity contribution in [1.82, 2.24) is 10.4 Å². The minimum Gasteiger partial charge on any atom is -0.271 e. The van der Waals surface area contributed by atoms with Gasteiger partial charge in [-0.1, -0.05) is 15.9 Å². The first-order valence-corrected chi connectivity index (χ1v) is 6.35. The number of nitrogens with two attached hydrogens (primary N) is 1. The molecule has 100 valence electrons. The Morgan fingerprint density at radius 3 is 2.47 bits per heavy atom. The van der Waals surface area contributed by atoms with E-state index in [9.17, 15) is 8.78 Å². The van der Waals surface area contributed by atoms with Gasteiger partial charge in [0.15, 0.2) is 0 Å². The Hall–Kier alpha value is -1.37. The largest absolute Gasteiger partial charge is 0.271 e. The van der Waals surface area contributed by atoms with E-state index in [1.54, 1.807) is 18.5 Å². The number of hydrogen-bond donors (Lipinski definition) is 2. The Kier molecular flexibility index (Phi) is 4.24. The summed E-state index contributed by atoms with van der Waals surface area (Å²) < 4.78 is 28.3. The molecule has 1 aromatic heterocycles. The molecule has 1 heterocycles. The highest BCUT2D eigenvalue weighted by Crippen LogP contribution is 2.29. The number of pyridine rings is 1. The zero-order valence-electron chi connectivity index (χ0n) is 10.1. The molecule has 0 spiro atoms. The zero-order valence-corrected chi connectivity index (χ0v) is 11.7. The minimum atomic E-state index is -0.790. The quantitative estimate of drug-likeness (QED) is 0.673. The molecule has 0 radical (unpaired) electrons. The van der Waals surface area contributed by atoms with Crippen molar-refractivity contribution in [3.63, 3.8) is 0 Å². The molecule has 0 aliphatic rings. The van der Waals surface area contributed by atoms with Crippen LogP contribution in [0.2, 0.25) is 0 Å². The first-order valence-electron chi connectivity index (χ1n) is 5.55. The van der Waals surface area contributed by atoms with Crippen molar-refractivity contribution in [2.45, 2.75) is 13.0 Å². The molecule has 19 heavy (non-hydrogen) atoms. The summed E-state index contributed by atoms with van der Waals surface area (Å²) >= 11 is 3.04. The Balaban J connectivity index is 2.58. The van der Waals surface area contributed by atoms with Crippen LogP contribution < -0.4 is 11.3 Å². The van der Waals surface area contributed by atoms with Crippen LogP contribution in [0.3, 0.4) is 0 Å². The molecule has 1 aromatic carbocycles. The lowest BCUT2D eigenvalue weighted by molar-refractivity contribution is 0.508. The number of aryl methyl sites for hydroxylation is 1. The predicted octanol–water partition coefficient (Wildman–Crippen LogP) is 2.98. The van der Waals surface area contributed by atoms with Gasteiger partial charge in [-0.2, -0.15) is 0 Å². The van der Waals surface area contributed by atoms with E-state index < -0.39 is 17.7 Å². The Labute approximate surface area is 117 Å². The number of nitrogens with one attached hydrogen (secondary N) is 1. The van der Waals surface area contributed by atoms with Crippen LogP contribution in [0.15, 0.2) is 35.1 Å². The number of rotatable bonds is 3. The van der Waals surface area contributed by atoms with Gasteiger partial charge in [-0.25, -0.2) is 14.2 Å². The lowest BCUT2D eigenvalue weighted by atomic mass is 9.96. The number of hydrogen-bond acceptors (Lipinski definition) is 3. The highest BCUT2D eigenvalue weighted by molar-refractivity contribution is 9.10. The van der Waals surface area contributed by atoms with Crippen LogP contribution in [0.25, 0.3) is 0 Å². The third kappa shape index (κ3) is 2.80. The summed E-state index contributed by atoms with van der Waals surface area (Å²) in [5.41, 5.74) is 3.79. The van der Waals surface area contributed by atoms with Crippen LogP contribution in [0.4, 0.5) is 8.78 Å². The molecular weight excluding hydrogens is 316 g/mol. The molecule has 0 saturated carbocycles. The molecule has 3 nitrogen and oxygen atoms in total. The van der Waals surface area contributed by atoms with Gasteiger partial charge in [0, 0.05) is 22.4 Å². The van der Waals surface area contributed by atoms with E-state index in [0.717, 1.165) is 5.56 Å². The normalized spacial score (nSPS) is 12.5. The monoisotopic (exact) mass is 327 g/mol. The summed E-state index contributed by atoms with van der Waals surface area (Å²) in [4.78, 5) is 3.97. The molecule has 3 N–H and O–H groups in total. The van der Waals surface area contributed by atoms with Crippen molar-refractivity contribution in [2.75, 3.05) is 0 Å². The van der Waals surface area contributed by atoms with Crippen LogP contribution >= 0.6 is 15.9 Å². The highest BCUT2D eigenvalue weighted by Gasteiger charge is 2.23. The first kappa shape index (κ1) is 14.0. The summed E-state index contributed by atoms with van der Waals surface area (Å²) in [5, 5.41) is 0. The second kappa shape index (κ2) is 5.73. The molecule has 2 aromatic rings. The smallest absolute Gasteiger partial charge is 0.132 e. The molecule has 0 aliphatic carbocycles. The van der Waals surface area contributed by atoms with Gasteiger partial charge in [-0.05, 0) is 36.2 Å². The standard InChI is InChI=1S/C13H12BrF2N3/c1-7-2-3-18-6-9(7)13(19-17)12-10(15)4-8(14)5-11(12)16/h2-6,13,19H,17H2,1H3. The number of benzene rings is 1. The number of aromatic nitrogens is 1. The molecular formula is C13H12BrF2N3. The Morgan fingerprint density at radius 2 is 1.95 bits per heavy atom. The SMILES string of the molecule is Cc1ccncc1C(NN)c1c(F)cc(Br)cc1F. The molecule has 1 atom stereocenters. The molecule has 0 aliphatic heterocycles. The highest BCUT2D eigenvalue weighted by atomic mass is 79.9. The molecule has 0 bridgehead atoms. The topological polar surface area (TPSA) is 50.9 Å². The maximum Gasteiger partial charge on any atom is 0.132 e. The maximum absolute atomic E-state index is 14.0. The van der Waals surface area contributed by atoms with Crippen LogP contribution in [-0.4, -0.2) is 4.98 Å². The minimum absolute atomic E-state index is 0.123. The lowest BCUT2D eigenvalue weighted by Gasteiger charge is -2.19. The van der Waals surface area contributed by atoms with Crippen molar-refractivity contribution >= 4 is 15.9 Å². The van der Waals surface area contributed by atoms with E-state index in [1.165, 1.54) is 12.1 Å². The molecule has 0 saturated heterocycles. The molecule has 0 fully saturated rings. The van der Waals surface area contributed by atoms with E-state index in [-0.39, 0.29) is 5.56 Å². The van der Waals surface area contributed by atoms with E-state index in [2.05, 4.69) is 26.3 Å². The third-order valence-electron chi connectivity index (χ3n) is 2.89. The molecule has 1 unspecified atom stereocenters. The zero-order chi connectivity index (χ0) is 14.0. The number of nitrogens with zero attached hydrogens (tertiary/aromatic N) is 1. The van der Waals surface area contributed by atoms with Gasteiger partial charge < -0.3 is 0 Å². The van der Waals surface area contributed by atoms with Gasteiger partial charge in [0.05, 0.1) is 6.04 Å². The number of halogens is 3. The van der Waals surface area contributed by atoms with E-state index in [1.807, 2.05) is 6.92 Å². The summed E-state index contributed by atoms with van der Waals surface area (Å²) in [5.74, 6) is 4.12. The van der Waals surface area contributed by atoms with E-state index >= 15 is 0 Å². The molecule has 0 amide bonds. The van der Waals surface area contributed by atoms with Gasteiger partial charge >= 0.3 is 0 Å². The van der Waals surface area contributed by atoms with Crippen molar-refractivity contribution in [3.05, 3.63) is 63.4 Å². The van der Waals surface area contributed by atoms with Gasteiger partial charge in [-0.15, -0.1) is 0 Å². The third-order valence-corrected chi connectivity index (χ3v) is 3.35. The number of hydrazine groups is 1. The van der Waals surface area contributed by atoms with Crippen LogP contribution in [0.1, 0.15) is 22.7 Å². The van der Waals surface area contributed by atoms with Crippen molar-refractivity contribution in [1.29, 1.82) is 0 Å².